The van der Waals surface area contributed by atoms with Crippen LogP contribution in [0.3, 0.4) is 0 Å². The third-order valence-electron chi connectivity index (χ3n) is 7.40. The van der Waals surface area contributed by atoms with Crippen LogP contribution in [-0.4, -0.2) is 56.6 Å². The lowest BCUT2D eigenvalue weighted by Crippen LogP contribution is -2.38. The van der Waals surface area contributed by atoms with Crippen LogP contribution in [0.1, 0.15) is 48.6 Å². The Bertz CT molecular complexity index is 1750. The quantitative estimate of drug-likeness (QED) is 0.284. The number of aryl methyl sites for hydroxylation is 1. The molecule has 1 fully saturated rings. The highest BCUT2D eigenvalue weighted by atomic mass is 35.5. The number of fused-ring (bicyclic) bond motifs is 1. The fourth-order valence-electron chi connectivity index (χ4n) is 5.26. The molecule has 1 saturated heterocycles. The summed E-state index contributed by atoms with van der Waals surface area (Å²) in [7, 11) is 3.31. The van der Waals surface area contributed by atoms with Crippen LogP contribution in [-0.2, 0) is 17.3 Å². The van der Waals surface area contributed by atoms with Crippen molar-refractivity contribution in [3.63, 3.8) is 0 Å². The molecule has 5 rings (SSSR count). The van der Waals surface area contributed by atoms with E-state index in [0.717, 1.165) is 18.2 Å². The van der Waals surface area contributed by atoms with Gasteiger partial charge in [0.05, 0.1) is 29.4 Å². The van der Waals surface area contributed by atoms with Gasteiger partial charge in [0.25, 0.3) is 11.5 Å². The largest absolute Gasteiger partial charge is 0.383 e. The zero-order chi connectivity index (χ0) is 30.0. The van der Waals surface area contributed by atoms with Crippen molar-refractivity contribution in [2.75, 3.05) is 30.9 Å². The average molecular weight is 587 g/mol. The summed E-state index contributed by atoms with van der Waals surface area (Å²) in [5.74, 6) is 0.301. The standard InChI is InChI=1S/C30H31ClN8O3/c1-30(2,29-33-10-6-11-34-29)37-23-15-26(40)38(3)25-9-8-18(13-20(23)25)35-22-14-24(36-27(31)21(22)16-32)28(41)39-12-5-7-19(39)17-42-4/h6,8-11,13-15,19,37H,5,7,12,17H2,1-4H3,(H,35,36). The Morgan fingerprint density at radius 3 is 2.69 bits per heavy atom. The Morgan fingerprint density at radius 1 is 1.21 bits per heavy atom. The first-order chi connectivity index (χ1) is 20.1. The number of pyridine rings is 2. The van der Waals surface area contributed by atoms with E-state index < -0.39 is 5.54 Å². The highest BCUT2D eigenvalue weighted by Gasteiger charge is 2.31. The zero-order valence-corrected chi connectivity index (χ0v) is 24.6. The van der Waals surface area contributed by atoms with Gasteiger partial charge in [-0.15, -0.1) is 0 Å². The summed E-state index contributed by atoms with van der Waals surface area (Å²) in [5, 5.41) is 17.2. The molecule has 1 unspecified atom stereocenters. The van der Waals surface area contributed by atoms with Crippen LogP contribution >= 0.6 is 11.6 Å². The van der Waals surface area contributed by atoms with E-state index in [-0.39, 0.29) is 33.9 Å². The van der Waals surface area contributed by atoms with E-state index in [2.05, 4.69) is 31.7 Å². The Kier molecular flexibility index (Phi) is 8.11. The number of nitriles is 1. The molecule has 4 aromatic rings. The number of rotatable bonds is 8. The first kappa shape index (κ1) is 29.0. The van der Waals surface area contributed by atoms with Gasteiger partial charge in [-0.05, 0) is 57.0 Å². The summed E-state index contributed by atoms with van der Waals surface area (Å²) >= 11 is 6.41. The number of carbonyl (C=O) groups is 1. The average Bonchev–Trinajstić information content (AvgIpc) is 3.44. The number of amides is 1. The molecule has 3 aromatic heterocycles. The molecule has 12 heteroatoms. The van der Waals surface area contributed by atoms with E-state index >= 15 is 0 Å². The molecule has 11 nitrogen and oxygen atoms in total. The number of benzene rings is 1. The fraction of sp³-hybridized carbons (Fsp3) is 0.333. The first-order valence-electron chi connectivity index (χ1n) is 13.5. The lowest BCUT2D eigenvalue weighted by molar-refractivity contribution is 0.0625. The molecule has 4 heterocycles. The number of methoxy groups -OCH3 is 1. The van der Waals surface area contributed by atoms with Crippen molar-refractivity contribution in [2.45, 2.75) is 38.3 Å². The maximum Gasteiger partial charge on any atom is 0.272 e. The molecular weight excluding hydrogens is 556 g/mol. The Morgan fingerprint density at radius 2 is 1.98 bits per heavy atom. The minimum Gasteiger partial charge on any atom is -0.383 e. The lowest BCUT2D eigenvalue weighted by Gasteiger charge is -2.27. The minimum absolute atomic E-state index is 0.0429. The van der Waals surface area contributed by atoms with Gasteiger partial charge in [-0.3, -0.25) is 9.59 Å². The van der Waals surface area contributed by atoms with Crippen molar-refractivity contribution in [1.82, 2.24) is 24.4 Å². The number of nitrogens with one attached hydrogen (secondary N) is 2. The van der Waals surface area contributed by atoms with Gasteiger partial charge in [-0.1, -0.05) is 11.6 Å². The third kappa shape index (κ3) is 5.64. The molecule has 1 amide bonds. The van der Waals surface area contributed by atoms with Gasteiger partial charge in [0, 0.05) is 55.9 Å². The van der Waals surface area contributed by atoms with E-state index in [4.69, 9.17) is 16.3 Å². The van der Waals surface area contributed by atoms with Crippen molar-refractivity contribution in [2.24, 2.45) is 7.05 Å². The van der Waals surface area contributed by atoms with Crippen molar-refractivity contribution >= 4 is 45.5 Å². The summed E-state index contributed by atoms with van der Waals surface area (Å²) in [5.41, 5.74) is 1.64. The van der Waals surface area contributed by atoms with E-state index in [0.29, 0.717) is 41.6 Å². The molecule has 2 N–H and O–H groups in total. The normalized spacial score (nSPS) is 15.0. The summed E-state index contributed by atoms with van der Waals surface area (Å²) < 4.78 is 6.85. The number of aromatic nitrogens is 4. The van der Waals surface area contributed by atoms with Crippen LogP contribution in [0, 0.1) is 11.3 Å². The lowest BCUT2D eigenvalue weighted by atomic mass is 10.0. The highest BCUT2D eigenvalue weighted by molar-refractivity contribution is 6.31. The van der Waals surface area contributed by atoms with Crippen LogP contribution in [0.15, 0.2) is 53.6 Å². The summed E-state index contributed by atoms with van der Waals surface area (Å²) in [6.45, 7) is 4.90. The van der Waals surface area contributed by atoms with Crippen LogP contribution in [0.5, 0.6) is 0 Å². The molecule has 0 spiro atoms. The van der Waals surface area contributed by atoms with E-state index in [9.17, 15) is 14.9 Å². The van der Waals surface area contributed by atoms with E-state index in [1.807, 2.05) is 26.0 Å². The third-order valence-corrected chi connectivity index (χ3v) is 7.67. The van der Waals surface area contributed by atoms with Gasteiger partial charge in [0.15, 0.2) is 5.82 Å². The first-order valence-corrected chi connectivity index (χ1v) is 13.9. The molecule has 1 aliphatic rings. The van der Waals surface area contributed by atoms with Gasteiger partial charge in [0.2, 0.25) is 0 Å². The van der Waals surface area contributed by atoms with Crippen LogP contribution in [0.25, 0.3) is 10.9 Å². The number of ether oxygens (including phenoxy) is 1. The van der Waals surface area contributed by atoms with Gasteiger partial charge >= 0.3 is 0 Å². The number of halogens is 1. The molecule has 0 aliphatic carbocycles. The van der Waals surface area contributed by atoms with Crippen LogP contribution in [0.2, 0.25) is 5.15 Å². The van der Waals surface area contributed by atoms with Crippen LogP contribution in [0.4, 0.5) is 17.1 Å². The van der Waals surface area contributed by atoms with Gasteiger partial charge in [-0.2, -0.15) is 5.26 Å². The Hall–Kier alpha value is -4.53. The molecular formula is C30H31ClN8O3. The minimum atomic E-state index is -0.692. The molecule has 1 aromatic carbocycles. The molecule has 0 radical (unpaired) electrons. The number of anilines is 3. The fourth-order valence-corrected chi connectivity index (χ4v) is 5.49. The Labute approximate surface area is 248 Å². The number of carbonyl (C=O) groups excluding carboxylic acids is 1. The van der Waals surface area contributed by atoms with E-state index in [1.165, 1.54) is 6.07 Å². The second-order valence-corrected chi connectivity index (χ2v) is 11.1. The maximum atomic E-state index is 13.4. The SMILES string of the molecule is COCC1CCCN1C(=O)c1cc(Nc2ccc3c(c2)c(NC(C)(C)c2ncccn2)cc(=O)n3C)c(C#N)c(Cl)n1. The monoisotopic (exact) mass is 586 g/mol. The molecule has 1 aliphatic heterocycles. The van der Waals surface area contributed by atoms with Crippen LogP contribution < -0.4 is 16.2 Å². The molecule has 42 heavy (non-hydrogen) atoms. The highest BCUT2D eigenvalue weighted by Crippen LogP contribution is 2.33. The summed E-state index contributed by atoms with van der Waals surface area (Å²) in [6.07, 6.45) is 5.06. The van der Waals surface area contributed by atoms with Crippen molar-refractivity contribution in [1.29, 1.82) is 5.26 Å². The zero-order valence-electron chi connectivity index (χ0n) is 23.8. The van der Waals surface area contributed by atoms with E-state index in [1.54, 1.807) is 54.2 Å². The Balaban J connectivity index is 1.53. The number of nitrogens with zero attached hydrogens (tertiary/aromatic N) is 6. The molecule has 216 valence electrons. The number of likely N-dealkylation sites (tertiary alicyclic amines) is 1. The summed E-state index contributed by atoms with van der Waals surface area (Å²) in [6, 6.07) is 12.4. The predicted octanol–water partition coefficient (Wildman–Crippen LogP) is 4.59. The second-order valence-electron chi connectivity index (χ2n) is 10.7. The topological polar surface area (TPSA) is 138 Å². The second kappa shape index (κ2) is 11.8. The van der Waals surface area contributed by atoms with Crippen molar-refractivity contribution in [3.8, 4) is 6.07 Å². The molecule has 0 saturated carbocycles. The number of hydrogen-bond acceptors (Lipinski definition) is 9. The van der Waals surface area contributed by atoms with Gasteiger partial charge in [-0.25, -0.2) is 15.0 Å². The molecule has 1 atom stereocenters. The maximum absolute atomic E-state index is 13.4. The van der Waals surface area contributed by atoms with Crippen molar-refractivity contribution in [3.05, 3.63) is 81.4 Å². The predicted molar refractivity (Wildman–Crippen MR) is 161 cm³/mol. The van der Waals surface area contributed by atoms with Crippen molar-refractivity contribution < 1.29 is 9.53 Å². The smallest absolute Gasteiger partial charge is 0.272 e. The van der Waals surface area contributed by atoms with Gasteiger partial charge < -0.3 is 24.8 Å². The summed E-state index contributed by atoms with van der Waals surface area (Å²) in [4.78, 5) is 41.0. The van der Waals surface area contributed by atoms with Gasteiger partial charge in [0.1, 0.15) is 22.5 Å². The molecule has 0 bridgehead atoms. The number of hydrogen-bond donors (Lipinski definition) is 2.